The molecule has 2 aliphatic carbocycles. The topological polar surface area (TPSA) is 371 Å². The minimum Gasteiger partial charge on any atom is -0.494 e. The number of hydrogen-bond donors (Lipinski definition) is 8. The van der Waals surface area contributed by atoms with Gasteiger partial charge in [-0.05, 0) is 59.7 Å². The number of Topliss-reactive ketones (excluding diaryl/α,β-unsaturated/α-hetero) is 2. The predicted octanol–water partition coefficient (Wildman–Crippen LogP) is -3.11. The number of carbonyl (C=O) groups excluding carboxylic acids is 2. The molecule has 0 aliphatic heterocycles. The van der Waals surface area contributed by atoms with Gasteiger partial charge in [0, 0.05) is 11.1 Å². The van der Waals surface area contributed by atoms with E-state index in [1.54, 1.807) is 24.3 Å². The first-order valence-corrected chi connectivity index (χ1v) is 21.9. The molecule has 4 aromatic carbocycles. The van der Waals surface area contributed by atoms with Crippen LogP contribution in [-0.2, 0) is 40.5 Å². The number of rotatable bonds is 11. The van der Waals surface area contributed by atoms with Gasteiger partial charge in [-0.3, -0.25) is 38.7 Å². The number of nitrogens with zero attached hydrogens (tertiary/aromatic N) is 2. The van der Waals surface area contributed by atoms with Crippen molar-refractivity contribution in [1.82, 2.24) is 0 Å². The van der Waals surface area contributed by atoms with Gasteiger partial charge in [-0.15, -0.1) is 0 Å². The minimum absolute atomic E-state index is 0. The number of nitrogen functional groups attached to an aromatic ring is 2. The quantitative estimate of drug-likeness (QED) is 0.0319. The van der Waals surface area contributed by atoms with Gasteiger partial charge in [0.05, 0.1) is 48.1 Å². The Morgan fingerprint density at radius 2 is 0.855 bits per heavy atom. The third-order valence-corrected chi connectivity index (χ3v) is 12.4. The van der Waals surface area contributed by atoms with Crippen LogP contribution in [0, 0.1) is 0 Å². The number of benzene rings is 4. The number of anilines is 4. The van der Waals surface area contributed by atoms with Crippen LogP contribution in [0.2, 0.25) is 0 Å². The number of allylic oxidation sites excluding steroid dienone is 2. The summed E-state index contributed by atoms with van der Waals surface area (Å²) >= 11 is 0. The van der Waals surface area contributed by atoms with Crippen LogP contribution in [0.3, 0.4) is 0 Å². The molecule has 314 valence electrons. The molecule has 28 heteroatoms. The molecule has 2 aliphatic rings. The Morgan fingerprint density at radius 1 is 0.532 bits per heavy atom. The molecule has 0 aromatic heterocycles. The molecule has 0 spiro atoms. The van der Waals surface area contributed by atoms with Crippen LogP contribution in [0.4, 0.5) is 22.7 Å². The molecule has 0 radical (unpaired) electrons. The number of nitrogens with two attached hydrogens (primary N) is 2. The summed E-state index contributed by atoms with van der Waals surface area (Å²) in [6.45, 7) is 0. The Balaban J connectivity index is 0.00000422. The summed E-state index contributed by atoms with van der Waals surface area (Å²) < 4.78 is 145. The van der Waals surface area contributed by atoms with Crippen molar-refractivity contribution in [3.63, 3.8) is 0 Å². The fourth-order valence-electron chi connectivity index (χ4n) is 6.08. The maximum absolute atomic E-state index is 13.4. The number of ether oxygens (including phenoxy) is 2. The number of ketones is 2. The molecule has 0 fully saturated rings. The molecule has 4 aromatic rings. The maximum Gasteiger partial charge on any atom is 1.00 e. The second-order valence-electron chi connectivity index (χ2n) is 12.4. The summed E-state index contributed by atoms with van der Waals surface area (Å²) in [6.07, 6.45) is 4.29. The van der Waals surface area contributed by atoms with Gasteiger partial charge < -0.3 is 20.9 Å². The van der Waals surface area contributed by atoms with Crippen LogP contribution in [-0.4, -0.2) is 89.1 Å². The number of methoxy groups -OCH3 is 2. The average molecular weight is 935 g/mol. The Kier molecular flexibility index (Phi) is 14.5. The summed E-state index contributed by atoms with van der Waals surface area (Å²) in [4.78, 5) is 22.6. The zero-order chi connectivity index (χ0) is 44.3. The Labute approximate surface area is 386 Å². The van der Waals surface area contributed by atoms with E-state index >= 15 is 0 Å². The summed E-state index contributed by atoms with van der Waals surface area (Å²) in [6, 6.07) is 10.3. The van der Waals surface area contributed by atoms with Crippen LogP contribution < -0.4 is 80.2 Å². The molecule has 62 heavy (non-hydrogen) atoms. The van der Waals surface area contributed by atoms with Crippen molar-refractivity contribution in [2.75, 3.05) is 36.5 Å². The van der Waals surface area contributed by atoms with Crippen LogP contribution in [0.1, 0.15) is 31.8 Å². The van der Waals surface area contributed by atoms with Crippen molar-refractivity contribution >= 4 is 98.4 Å². The largest absolute Gasteiger partial charge is 1.00 e. The molecule has 0 saturated heterocycles. The van der Waals surface area contributed by atoms with Gasteiger partial charge in [-0.1, -0.05) is 24.3 Å². The fraction of sp³-hybridized carbons (Fsp3) is 0.0588. The van der Waals surface area contributed by atoms with Crippen LogP contribution in [0.15, 0.2) is 90.5 Å². The molecular weight excluding hydrogens is 907 g/mol. The average Bonchev–Trinajstić information content (AvgIpc) is 3.15. The predicted molar refractivity (Wildman–Crippen MR) is 215 cm³/mol. The van der Waals surface area contributed by atoms with E-state index in [2.05, 4.69) is 21.1 Å². The van der Waals surface area contributed by atoms with Crippen molar-refractivity contribution in [2.45, 2.75) is 19.6 Å². The second-order valence-corrected chi connectivity index (χ2v) is 18.0. The van der Waals surface area contributed by atoms with E-state index in [-0.39, 0.29) is 82.7 Å². The zero-order valence-corrected chi connectivity index (χ0v) is 37.6. The fourth-order valence-corrected chi connectivity index (χ4v) is 8.95. The number of fused-ring (bicyclic) bond motifs is 2. The van der Waals surface area contributed by atoms with Crippen LogP contribution in [0.5, 0.6) is 11.5 Å². The van der Waals surface area contributed by atoms with E-state index in [4.69, 9.17) is 20.9 Å². The summed E-state index contributed by atoms with van der Waals surface area (Å²) in [5.74, 6) is -1.72. The number of hydrogen-bond acceptors (Lipinski definition) is 18. The summed E-state index contributed by atoms with van der Waals surface area (Å²) in [5, 5.41) is 8.08. The van der Waals surface area contributed by atoms with E-state index in [0.717, 1.165) is 24.3 Å². The third-order valence-electron chi connectivity index (χ3n) is 8.84. The van der Waals surface area contributed by atoms with Crippen LogP contribution >= 0.6 is 0 Å². The molecule has 6 rings (SSSR count). The first-order chi connectivity index (χ1) is 27.9. The third kappa shape index (κ3) is 9.67. The monoisotopic (exact) mass is 934 g/mol. The van der Waals surface area contributed by atoms with Crippen molar-refractivity contribution in [3.8, 4) is 22.6 Å². The van der Waals surface area contributed by atoms with Gasteiger partial charge in [-0.25, -0.2) is 0 Å². The second kappa shape index (κ2) is 18.1. The molecule has 0 bridgehead atoms. The number of hydrazone groups is 2. The Bertz CT molecular complexity index is 2980. The van der Waals surface area contributed by atoms with Crippen molar-refractivity contribution in [3.05, 3.63) is 82.9 Å². The van der Waals surface area contributed by atoms with E-state index < -0.39 is 105 Å². The smallest absolute Gasteiger partial charge is 0.494 e. The zero-order valence-electron chi connectivity index (χ0n) is 32.3. The van der Waals surface area contributed by atoms with Crippen molar-refractivity contribution in [2.24, 2.45) is 10.2 Å². The van der Waals surface area contributed by atoms with E-state index in [9.17, 15) is 61.5 Å². The molecule has 0 saturated carbocycles. The standard InChI is InChI=1S/C34H28N6O16S4.Li.Na/c1-55-23-11-15(3-7-19(23)37-39-21-9-5-17-25(57(43,44)45)13-27(59(49,50)51)31(35)29(17)33(21)41)16-4-8-20(24(12-16)56-2)38-40-22-10-6-18-26(58(46,47)48)14-28(60(52,53)54)32(36)30(18)34(22)42;;/h3-14,37-38H,35-36H2,1-2H3,(H,43,44,45)(H,46,47,48)(H,49,50,51)(H,52,53,54);;/q;2*+1/b39-21+,40-22+;;. The number of nitrogens with one attached hydrogen (secondary N) is 2. The molecule has 0 unspecified atom stereocenters. The van der Waals surface area contributed by atoms with E-state index in [1.807, 2.05) is 0 Å². The molecule has 0 heterocycles. The van der Waals surface area contributed by atoms with Crippen molar-refractivity contribution < 1.29 is 119 Å². The first-order valence-electron chi connectivity index (χ1n) is 16.2. The molecular formula is C34H28LiN6NaO16S4+2. The van der Waals surface area contributed by atoms with Gasteiger partial charge in [-0.2, -0.15) is 43.9 Å². The molecule has 0 atom stereocenters. The minimum atomic E-state index is -5.15. The van der Waals surface area contributed by atoms with Gasteiger partial charge in [0.2, 0.25) is 11.6 Å². The Morgan fingerprint density at radius 3 is 1.15 bits per heavy atom. The van der Waals surface area contributed by atoms with Gasteiger partial charge >= 0.3 is 48.4 Å². The molecule has 22 nitrogen and oxygen atoms in total. The van der Waals surface area contributed by atoms with Gasteiger partial charge in [0.15, 0.2) is 0 Å². The van der Waals surface area contributed by atoms with E-state index in [0.29, 0.717) is 23.3 Å². The van der Waals surface area contributed by atoms with Crippen molar-refractivity contribution in [1.29, 1.82) is 0 Å². The van der Waals surface area contributed by atoms with Gasteiger partial charge in [0.25, 0.3) is 40.5 Å². The number of carbonyl (C=O) groups is 2. The Hall–Kier alpha value is -4.92. The van der Waals surface area contributed by atoms with Crippen LogP contribution in [0.25, 0.3) is 23.3 Å². The maximum atomic E-state index is 13.4. The SMILES string of the molecule is COc1cc(-c2ccc(N/N=C3\C=Cc4c(S(=O)(=O)O)cc(S(=O)(=O)O)c(N)c4C3=O)c(OC)c2)ccc1N/N=C1\C=Cc2c(S(=O)(=O)O)cc(S(=O)(=O)O)c(N)c2C1=O.[Li+].[Na+]. The molecule has 10 N–H and O–H groups in total. The van der Waals surface area contributed by atoms with Gasteiger partial charge in [0.1, 0.15) is 42.5 Å². The summed E-state index contributed by atoms with van der Waals surface area (Å²) in [5.41, 5.74) is 14.0. The summed E-state index contributed by atoms with van der Waals surface area (Å²) in [7, 11) is -17.8. The molecule has 0 amide bonds. The first kappa shape index (κ1) is 49.7. The van der Waals surface area contributed by atoms with E-state index in [1.165, 1.54) is 26.4 Å². The normalized spacial score (nSPS) is 15.0.